The van der Waals surface area contributed by atoms with E-state index < -0.39 is 23.3 Å². The number of anilines is 1. The van der Waals surface area contributed by atoms with Gasteiger partial charge in [0.2, 0.25) is 5.75 Å². The average Bonchev–Trinajstić information content (AvgIpc) is 2.67. The first-order valence-electron chi connectivity index (χ1n) is 7.97. The van der Waals surface area contributed by atoms with E-state index in [4.69, 9.17) is 9.47 Å². The summed E-state index contributed by atoms with van der Waals surface area (Å²) in [6.07, 6.45) is 1.28. The number of carbonyl (C=O) groups excluding carboxylic acids is 1. The predicted octanol–water partition coefficient (Wildman–Crippen LogP) is 3.80. The van der Waals surface area contributed by atoms with Gasteiger partial charge in [-0.25, -0.2) is 0 Å². The molecule has 136 valence electrons. The number of benzene rings is 2. The Balaban J connectivity index is 1.60. The molecule has 8 nitrogen and oxygen atoms in total. The minimum atomic E-state index is -0.669. The van der Waals surface area contributed by atoms with Crippen LogP contribution in [0.4, 0.5) is 11.5 Å². The average molecular weight is 365 g/mol. The molecule has 1 N–H and O–H groups in total. The van der Waals surface area contributed by atoms with Gasteiger partial charge in [-0.1, -0.05) is 24.3 Å². The highest BCUT2D eigenvalue weighted by molar-refractivity contribution is 5.92. The van der Waals surface area contributed by atoms with Crippen molar-refractivity contribution < 1.29 is 19.2 Å². The highest BCUT2D eigenvalue weighted by Gasteiger charge is 2.16. The van der Waals surface area contributed by atoms with E-state index >= 15 is 0 Å². The summed E-state index contributed by atoms with van der Waals surface area (Å²) < 4.78 is 10.9. The van der Waals surface area contributed by atoms with Gasteiger partial charge in [-0.05, 0) is 46.3 Å². The number of aromatic nitrogens is 1. The van der Waals surface area contributed by atoms with Crippen LogP contribution in [0.3, 0.4) is 0 Å². The molecule has 3 rings (SSSR count). The second kappa shape index (κ2) is 8.43. The molecule has 0 aliphatic carbocycles. The quantitative estimate of drug-likeness (QED) is 0.504. The fourth-order valence-corrected chi connectivity index (χ4v) is 2.23. The normalized spacial score (nSPS) is 10.1. The SMILES string of the molecule is O=C(COc1cccnc1[N+](=O)[O-])Nc1cccc(Oc2ccccc2)c1. The van der Waals surface area contributed by atoms with Crippen LogP contribution in [0.5, 0.6) is 17.2 Å². The van der Waals surface area contributed by atoms with E-state index in [2.05, 4.69) is 10.3 Å². The van der Waals surface area contributed by atoms with E-state index in [9.17, 15) is 14.9 Å². The van der Waals surface area contributed by atoms with Gasteiger partial charge in [0, 0.05) is 11.8 Å². The number of rotatable bonds is 7. The van der Waals surface area contributed by atoms with Gasteiger partial charge >= 0.3 is 5.82 Å². The number of amides is 1. The van der Waals surface area contributed by atoms with E-state index in [1.54, 1.807) is 24.3 Å². The summed E-state index contributed by atoms with van der Waals surface area (Å²) in [7, 11) is 0. The monoisotopic (exact) mass is 365 g/mol. The van der Waals surface area contributed by atoms with E-state index in [-0.39, 0.29) is 5.75 Å². The Morgan fingerprint density at radius 3 is 2.59 bits per heavy atom. The molecule has 2 aromatic carbocycles. The third kappa shape index (κ3) is 5.02. The van der Waals surface area contributed by atoms with Crippen molar-refractivity contribution in [2.45, 2.75) is 0 Å². The van der Waals surface area contributed by atoms with E-state index in [1.165, 1.54) is 18.3 Å². The smallest absolute Gasteiger partial charge is 0.406 e. The fourth-order valence-electron chi connectivity index (χ4n) is 2.23. The maximum atomic E-state index is 12.1. The first kappa shape index (κ1) is 17.9. The van der Waals surface area contributed by atoms with Gasteiger partial charge in [0.1, 0.15) is 17.7 Å². The molecule has 1 aromatic heterocycles. The Morgan fingerprint density at radius 2 is 1.81 bits per heavy atom. The molecule has 0 saturated heterocycles. The van der Waals surface area contributed by atoms with Crippen molar-refractivity contribution >= 4 is 17.4 Å². The van der Waals surface area contributed by atoms with E-state index in [0.29, 0.717) is 17.2 Å². The van der Waals surface area contributed by atoms with Crippen molar-refractivity contribution in [2.75, 3.05) is 11.9 Å². The Labute approximate surface area is 154 Å². The highest BCUT2D eigenvalue weighted by atomic mass is 16.6. The summed E-state index contributed by atoms with van der Waals surface area (Å²) in [5.41, 5.74) is 0.512. The first-order chi connectivity index (χ1) is 13.1. The van der Waals surface area contributed by atoms with Gasteiger partial charge in [-0.2, -0.15) is 0 Å². The van der Waals surface area contributed by atoms with Gasteiger partial charge in [0.25, 0.3) is 5.91 Å². The summed E-state index contributed by atoms with van der Waals surface area (Å²) in [5.74, 6) is 0.253. The number of ether oxygens (including phenoxy) is 2. The molecule has 1 heterocycles. The molecule has 3 aromatic rings. The molecule has 0 saturated carbocycles. The number of pyridine rings is 1. The standard InChI is InChI=1S/C19H15N3O5/c23-18(13-26-17-10-5-11-20-19(17)22(24)25)21-14-6-4-9-16(12-14)27-15-7-2-1-3-8-15/h1-12H,13H2,(H,21,23). The zero-order valence-corrected chi connectivity index (χ0v) is 14.1. The third-order valence-electron chi connectivity index (χ3n) is 3.38. The van der Waals surface area contributed by atoms with Crippen LogP contribution < -0.4 is 14.8 Å². The van der Waals surface area contributed by atoms with Crippen LogP contribution in [0.1, 0.15) is 0 Å². The molecular formula is C19H15N3O5. The van der Waals surface area contributed by atoms with E-state index in [1.807, 2.05) is 30.3 Å². The molecule has 0 atom stereocenters. The van der Waals surface area contributed by atoms with Crippen molar-refractivity contribution in [2.24, 2.45) is 0 Å². The zero-order valence-electron chi connectivity index (χ0n) is 14.1. The summed E-state index contributed by atoms with van der Waals surface area (Å²) in [6, 6.07) is 19.0. The number of carbonyl (C=O) groups is 1. The number of nitrogens with zero attached hydrogens (tertiary/aromatic N) is 2. The number of nitro groups is 1. The third-order valence-corrected chi connectivity index (χ3v) is 3.38. The number of nitrogens with one attached hydrogen (secondary N) is 1. The summed E-state index contributed by atoms with van der Waals surface area (Å²) >= 11 is 0. The second-order valence-electron chi connectivity index (χ2n) is 5.36. The molecule has 0 radical (unpaired) electrons. The Bertz CT molecular complexity index is 947. The lowest BCUT2D eigenvalue weighted by molar-refractivity contribution is -0.390. The topological polar surface area (TPSA) is 104 Å². The number of hydrogen-bond donors (Lipinski definition) is 1. The van der Waals surface area contributed by atoms with Gasteiger partial charge < -0.3 is 24.9 Å². The fraction of sp³-hybridized carbons (Fsp3) is 0.0526. The van der Waals surface area contributed by atoms with Crippen LogP contribution in [-0.4, -0.2) is 22.4 Å². The highest BCUT2D eigenvalue weighted by Crippen LogP contribution is 2.24. The molecule has 0 spiro atoms. The van der Waals surface area contributed by atoms with Crippen LogP contribution >= 0.6 is 0 Å². The largest absolute Gasteiger partial charge is 0.476 e. The molecule has 0 fully saturated rings. The molecule has 27 heavy (non-hydrogen) atoms. The lowest BCUT2D eigenvalue weighted by Gasteiger charge is -2.09. The molecule has 0 unspecified atom stereocenters. The maximum absolute atomic E-state index is 12.1. The number of para-hydroxylation sites is 1. The number of hydrogen-bond acceptors (Lipinski definition) is 6. The lowest BCUT2D eigenvalue weighted by Crippen LogP contribution is -2.20. The van der Waals surface area contributed by atoms with Gasteiger partial charge in [-0.15, -0.1) is 0 Å². The minimum Gasteiger partial charge on any atom is -0.476 e. The zero-order chi connectivity index (χ0) is 19.1. The molecule has 0 bridgehead atoms. The second-order valence-corrected chi connectivity index (χ2v) is 5.36. The molecular weight excluding hydrogens is 350 g/mol. The van der Waals surface area contributed by atoms with E-state index in [0.717, 1.165) is 0 Å². The van der Waals surface area contributed by atoms with Gasteiger partial charge in [0.05, 0.1) is 0 Å². The minimum absolute atomic E-state index is 0.0705. The lowest BCUT2D eigenvalue weighted by atomic mass is 10.3. The van der Waals surface area contributed by atoms with Crippen LogP contribution in [0, 0.1) is 10.1 Å². The summed E-state index contributed by atoms with van der Waals surface area (Å²) in [5, 5.41) is 13.5. The van der Waals surface area contributed by atoms with Crippen molar-refractivity contribution in [1.29, 1.82) is 0 Å². The Morgan fingerprint density at radius 1 is 1.04 bits per heavy atom. The summed E-state index contributed by atoms with van der Waals surface area (Å²) in [6.45, 7) is -0.393. The summed E-state index contributed by atoms with van der Waals surface area (Å²) in [4.78, 5) is 25.9. The Kier molecular flexibility index (Phi) is 5.58. The van der Waals surface area contributed by atoms with Crippen molar-refractivity contribution in [3.8, 4) is 17.2 Å². The van der Waals surface area contributed by atoms with Gasteiger partial charge in [-0.3, -0.25) is 4.79 Å². The molecule has 8 heteroatoms. The first-order valence-corrected chi connectivity index (χ1v) is 7.97. The van der Waals surface area contributed by atoms with Crippen LogP contribution in [-0.2, 0) is 4.79 Å². The van der Waals surface area contributed by atoms with Crippen LogP contribution in [0.2, 0.25) is 0 Å². The van der Waals surface area contributed by atoms with Crippen LogP contribution in [0.15, 0.2) is 72.9 Å². The molecule has 0 aliphatic rings. The predicted molar refractivity (Wildman–Crippen MR) is 98.0 cm³/mol. The van der Waals surface area contributed by atoms with Crippen LogP contribution in [0.25, 0.3) is 0 Å². The maximum Gasteiger partial charge on any atom is 0.406 e. The Hall–Kier alpha value is -3.94. The molecule has 0 aliphatic heterocycles. The van der Waals surface area contributed by atoms with Gasteiger partial charge in [0.15, 0.2) is 6.61 Å². The van der Waals surface area contributed by atoms with Crippen molar-refractivity contribution in [3.05, 3.63) is 83.0 Å². The molecule has 1 amide bonds. The van der Waals surface area contributed by atoms with Crippen molar-refractivity contribution in [1.82, 2.24) is 4.98 Å². The van der Waals surface area contributed by atoms with Crippen molar-refractivity contribution in [3.63, 3.8) is 0 Å².